The molecule has 1 aromatic heterocycles. The highest BCUT2D eigenvalue weighted by atomic mass is 32.2. The van der Waals surface area contributed by atoms with E-state index in [4.69, 9.17) is 0 Å². The SMILES string of the molecule is CCNc1nnc(S[C@H](C)C(=O)OC)s1. The molecule has 0 bridgehead atoms. The summed E-state index contributed by atoms with van der Waals surface area (Å²) in [5, 5.41) is 11.5. The van der Waals surface area contributed by atoms with Crippen LogP contribution in [0.2, 0.25) is 0 Å². The third kappa shape index (κ3) is 3.67. The molecule has 5 nitrogen and oxygen atoms in total. The molecule has 0 aromatic carbocycles. The molecular weight excluding hydrogens is 234 g/mol. The highest BCUT2D eigenvalue weighted by Crippen LogP contribution is 2.28. The summed E-state index contributed by atoms with van der Waals surface area (Å²) < 4.78 is 5.39. The molecule has 0 aliphatic rings. The number of nitrogens with one attached hydrogen (secondary N) is 1. The zero-order chi connectivity index (χ0) is 11.3. The molecule has 0 radical (unpaired) electrons. The predicted molar refractivity (Wildman–Crippen MR) is 61.4 cm³/mol. The van der Waals surface area contributed by atoms with Crippen molar-refractivity contribution in [1.82, 2.24) is 10.2 Å². The van der Waals surface area contributed by atoms with Gasteiger partial charge in [0, 0.05) is 6.54 Å². The second kappa shape index (κ2) is 5.92. The van der Waals surface area contributed by atoms with Crippen LogP contribution >= 0.6 is 23.1 Å². The van der Waals surface area contributed by atoms with Crippen molar-refractivity contribution in [3.63, 3.8) is 0 Å². The Hall–Kier alpha value is -0.820. The van der Waals surface area contributed by atoms with E-state index in [1.54, 1.807) is 6.92 Å². The van der Waals surface area contributed by atoms with Crippen molar-refractivity contribution in [2.24, 2.45) is 0 Å². The Morgan fingerprint density at radius 1 is 1.67 bits per heavy atom. The van der Waals surface area contributed by atoms with E-state index in [0.717, 1.165) is 16.0 Å². The standard InChI is InChI=1S/C8H13N3O2S2/c1-4-9-7-10-11-8(15-7)14-5(2)6(12)13-3/h5H,4H2,1-3H3,(H,9,10)/t5-/m1/s1. The van der Waals surface area contributed by atoms with Crippen LogP contribution in [-0.2, 0) is 9.53 Å². The molecule has 1 aromatic rings. The Balaban J connectivity index is 2.53. The minimum atomic E-state index is -0.252. The van der Waals surface area contributed by atoms with E-state index in [0.29, 0.717) is 0 Å². The van der Waals surface area contributed by atoms with Crippen LogP contribution < -0.4 is 5.32 Å². The number of thioether (sulfide) groups is 1. The number of rotatable bonds is 5. The summed E-state index contributed by atoms with van der Waals surface area (Å²) in [6.45, 7) is 4.59. The number of carbonyl (C=O) groups is 1. The quantitative estimate of drug-likeness (QED) is 0.630. The number of esters is 1. The number of hydrogen-bond acceptors (Lipinski definition) is 7. The first-order valence-electron chi connectivity index (χ1n) is 4.49. The monoisotopic (exact) mass is 247 g/mol. The molecule has 1 heterocycles. The summed E-state index contributed by atoms with van der Waals surface area (Å²) in [5.74, 6) is -0.250. The van der Waals surface area contributed by atoms with Gasteiger partial charge in [-0.2, -0.15) is 0 Å². The molecular formula is C8H13N3O2S2. The van der Waals surface area contributed by atoms with E-state index in [1.807, 2.05) is 6.92 Å². The Kier molecular flexibility index (Phi) is 4.83. The minimum absolute atomic E-state index is 0.250. The number of anilines is 1. The van der Waals surface area contributed by atoms with Crippen LogP contribution in [0.4, 0.5) is 5.13 Å². The van der Waals surface area contributed by atoms with Crippen molar-refractivity contribution >= 4 is 34.2 Å². The summed E-state index contributed by atoms with van der Waals surface area (Å²) in [6, 6.07) is 0. The summed E-state index contributed by atoms with van der Waals surface area (Å²) in [4.78, 5) is 11.1. The Morgan fingerprint density at radius 3 is 3.00 bits per heavy atom. The van der Waals surface area contributed by atoms with Crippen molar-refractivity contribution in [1.29, 1.82) is 0 Å². The zero-order valence-corrected chi connectivity index (χ0v) is 10.4. The summed E-state index contributed by atoms with van der Waals surface area (Å²) in [5.41, 5.74) is 0. The van der Waals surface area contributed by atoms with Crippen LogP contribution in [0.15, 0.2) is 4.34 Å². The largest absolute Gasteiger partial charge is 0.468 e. The number of nitrogens with zero attached hydrogens (tertiary/aromatic N) is 2. The lowest BCUT2D eigenvalue weighted by Crippen LogP contribution is -2.14. The van der Waals surface area contributed by atoms with Crippen LogP contribution in [0.25, 0.3) is 0 Å². The summed E-state index contributed by atoms with van der Waals surface area (Å²) >= 11 is 2.79. The Labute approximate surface area is 96.6 Å². The molecule has 1 N–H and O–H groups in total. The van der Waals surface area contributed by atoms with Gasteiger partial charge in [0.2, 0.25) is 5.13 Å². The first-order valence-corrected chi connectivity index (χ1v) is 6.18. The van der Waals surface area contributed by atoms with Gasteiger partial charge in [-0.05, 0) is 13.8 Å². The van der Waals surface area contributed by atoms with Crippen molar-refractivity contribution in [2.75, 3.05) is 19.0 Å². The van der Waals surface area contributed by atoms with Gasteiger partial charge < -0.3 is 10.1 Å². The van der Waals surface area contributed by atoms with E-state index >= 15 is 0 Å². The lowest BCUT2D eigenvalue weighted by Gasteiger charge is -2.04. The fourth-order valence-corrected chi connectivity index (χ4v) is 2.84. The fraction of sp³-hybridized carbons (Fsp3) is 0.625. The summed E-state index contributed by atoms with van der Waals surface area (Å²) in [7, 11) is 1.38. The van der Waals surface area contributed by atoms with Gasteiger partial charge in [0.15, 0.2) is 4.34 Å². The molecule has 1 atom stereocenters. The van der Waals surface area contributed by atoms with Gasteiger partial charge in [-0.3, -0.25) is 4.79 Å². The van der Waals surface area contributed by atoms with E-state index in [9.17, 15) is 4.79 Å². The van der Waals surface area contributed by atoms with Crippen LogP contribution in [0.3, 0.4) is 0 Å². The maximum atomic E-state index is 11.1. The second-order valence-electron chi connectivity index (χ2n) is 2.69. The number of aromatic nitrogens is 2. The number of hydrogen-bond donors (Lipinski definition) is 1. The van der Waals surface area contributed by atoms with Gasteiger partial charge in [0.05, 0.1) is 7.11 Å². The maximum absolute atomic E-state index is 11.1. The first-order chi connectivity index (χ1) is 7.17. The smallest absolute Gasteiger partial charge is 0.318 e. The molecule has 0 saturated carbocycles. The second-order valence-corrected chi connectivity index (χ2v) is 5.25. The molecule has 0 fully saturated rings. The van der Waals surface area contributed by atoms with Crippen LogP contribution in [0.1, 0.15) is 13.8 Å². The van der Waals surface area contributed by atoms with E-state index in [2.05, 4.69) is 20.3 Å². The lowest BCUT2D eigenvalue weighted by molar-refractivity contribution is -0.139. The molecule has 84 valence electrons. The van der Waals surface area contributed by atoms with E-state index < -0.39 is 0 Å². The van der Waals surface area contributed by atoms with E-state index in [-0.39, 0.29) is 11.2 Å². The average molecular weight is 247 g/mol. The topological polar surface area (TPSA) is 64.1 Å². The molecule has 0 saturated heterocycles. The third-order valence-corrected chi connectivity index (χ3v) is 3.59. The van der Waals surface area contributed by atoms with Gasteiger partial charge in [-0.1, -0.05) is 23.1 Å². The van der Waals surface area contributed by atoms with Gasteiger partial charge in [0.25, 0.3) is 0 Å². The molecule has 0 amide bonds. The maximum Gasteiger partial charge on any atom is 0.318 e. The van der Waals surface area contributed by atoms with Crippen LogP contribution in [0, 0.1) is 0 Å². The highest BCUT2D eigenvalue weighted by molar-refractivity contribution is 8.02. The normalized spacial score (nSPS) is 12.2. The third-order valence-electron chi connectivity index (χ3n) is 1.55. The van der Waals surface area contributed by atoms with Gasteiger partial charge in [-0.25, -0.2) is 0 Å². The highest BCUT2D eigenvalue weighted by Gasteiger charge is 2.17. The summed E-state index contributed by atoms with van der Waals surface area (Å²) in [6.07, 6.45) is 0. The van der Waals surface area contributed by atoms with Crippen molar-refractivity contribution in [3.05, 3.63) is 0 Å². The average Bonchev–Trinajstić information content (AvgIpc) is 2.65. The molecule has 15 heavy (non-hydrogen) atoms. The van der Waals surface area contributed by atoms with Gasteiger partial charge in [0.1, 0.15) is 5.25 Å². The van der Waals surface area contributed by atoms with Crippen LogP contribution in [-0.4, -0.2) is 35.1 Å². The molecule has 0 spiro atoms. The lowest BCUT2D eigenvalue weighted by atomic mass is 10.5. The molecule has 0 unspecified atom stereocenters. The minimum Gasteiger partial charge on any atom is -0.468 e. The zero-order valence-electron chi connectivity index (χ0n) is 8.81. The first kappa shape index (κ1) is 12.3. The van der Waals surface area contributed by atoms with Gasteiger partial charge >= 0.3 is 5.97 Å². The van der Waals surface area contributed by atoms with Crippen molar-refractivity contribution < 1.29 is 9.53 Å². The Morgan fingerprint density at radius 2 is 2.40 bits per heavy atom. The van der Waals surface area contributed by atoms with Crippen molar-refractivity contribution in [3.8, 4) is 0 Å². The molecule has 0 aliphatic heterocycles. The number of carbonyl (C=O) groups excluding carboxylic acids is 1. The molecule has 7 heteroatoms. The van der Waals surface area contributed by atoms with Crippen molar-refractivity contribution in [2.45, 2.75) is 23.4 Å². The molecule has 1 rings (SSSR count). The number of ether oxygens (including phenoxy) is 1. The predicted octanol–water partition coefficient (Wildman–Crippen LogP) is 1.62. The van der Waals surface area contributed by atoms with Crippen LogP contribution in [0.5, 0.6) is 0 Å². The van der Waals surface area contributed by atoms with Gasteiger partial charge in [-0.15, -0.1) is 10.2 Å². The molecule has 0 aliphatic carbocycles. The fourth-order valence-electron chi connectivity index (χ4n) is 0.845. The number of methoxy groups -OCH3 is 1. The Bertz CT molecular complexity index is 329. The van der Waals surface area contributed by atoms with E-state index in [1.165, 1.54) is 30.2 Å².